The van der Waals surface area contributed by atoms with Crippen LogP contribution in [-0.4, -0.2) is 82.2 Å². The van der Waals surface area contributed by atoms with Crippen LogP contribution >= 0.6 is 0 Å². The van der Waals surface area contributed by atoms with Crippen molar-refractivity contribution in [1.29, 1.82) is 0 Å². The smallest absolute Gasteiger partial charge is 0.258 e. The molecule has 2 N–H and O–H groups in total. The number of carbonyl (C=O) groups excluding carboxylic acids is 1. The molecule has 1 heterocycles. The molecule has 1 amide bonds. The van der Waals surface area contributed by atoms with E-state index in [-0.39, 0.29) is 47.5 Å². The molecule has 36 heavy (non-hydrogen) atoms. The molecule has 1 aliphatic rings. The highest BCUT2D eigenvalue weighted by molar-refractivity contribution is 7.92. The van der Waals surface area contributed by atoms with Crippen LogP contribution in [0.2, 0.25) is 0 Å². The summed E-state index contributed by atoms with van der Waals surface area (Å²) in [6.45, 7) is 5.26. The summed E-state index contributed by atoms with van der Waals surface area (Å²) in [4.78, 5) is 15.0. The lowest BCUT2D eigenvalue weighted by molar-refractivity contribution is 0.0389. The van der Waals surface area contributed by atoms with Gasteiger partial charge in [-0.2, -0.15) is 4.31 Å². The predicted molar refractivity (Wildman–Crippen MR) is 137 cm³/mol. The standard InChI is InChI=1S/C24H33N3O7S2/c1-16-9-11-19(12-10-16)36(32,33)26(4)14-22-17(2)13-27(18(3)15-28)24(29)20-7-6-8-21(23(20)34-22)25-35(5,30)31/h6-12,17-18,22,25,28H,13-15H2,1-5H3/t17-,18+,22-/m0/s1. The van der Waals surface area contributed by atoms with Crippen LogP contribution in [0, 0.1) is 12.8 Å². The number of aliphatic hydroxyl groups is 1. The lowest BCUT2D eigenvalue weighted by Gasteiger charge is -2.38. The van der Waals surface area contributed by atoms with Crippen LogP contribution in [0.4, 0.5) is 5.69 Å². The fourth-order valence-electron chi connectivity index (χ4n) is 3.98. The third-order valence-electron chi connectivity index (χ3n) is 6.15. The van der Waals surface area contributed by atoms with Gasteiger partial charge in [0, 0.05) is 19.5 Å². The Kier molecular flexibility index (Phi) is 8.33. The van der Waals surface area contributed by atoms with Crippen molar-refractivity contribution >= 4 is 31.6 Å². The van der Waals surface area contributed by atoms with E-state index in [9.17, 15) is 26.7 Å². The first-order chi connectivity index (χ1) is 16.7. The van der Waals surface area contributed by atoms with Gasteiger partial charge in [-0.15, -0.1) is 0 Å². The van der Waals surface area contributed by atoms with E-state index in [1.54, 1.807) is 19.1 Å². The minimum absolute atomic E-state index is 0.0146. The first-order valence-corrected chi connectivity index (χ1v) is 14.8. The SMILES string of the molecule is Cc1ccc(S(=O)(=O)N(C)C[C@@H]2Oc3c(NS(C)(=O)=O)cccc3C(=O)N([C@H](C)CO)C[C@@H]2C)cc1. The van der Waals surface area contributed by atoms with E-state index in [4.69, 9.17) is 4.74 Å². The number of anilines is 1. The number of hydrogen-bond donors (Lipinski definition) is 2. The number of rotatable bonds is 8. The topological polar surface area (TPSA) is 133 Å². The summed E-state index contributed by atoms with van der Waals surface area (Å²) < 4.78 is 60.3. The van der Waals surface area contributed by atoms with Gasteiger partial charge in [-0.1, -0.05) is 30.7 Å². The second-order valence-electron chi connectivity index (χ2n) is 9.28. The fourth-order valence-corrected chi connectivity index (χ4v) is 5.73. The summed E-state index contributed by atoms with van der Waals surface area (Å²) in [7, 11) is -6.09. The summed E-state index contributed by atoms with van der Waals surface area (Å²) in [6, 6.07) is 10.5. The predicted octanol–water partition coefficient (Wildman–Crippen LogP) is 1.91. The molecule has 0 unspecified atom stereocenters. The average molecular weight is 540 g/mol. The van der Waals surface area contributed by atoms with Gasteiger partial charge in [0.15, 0.2) is 5.75 Å². The number of sulfonamides is 2. The molecular formula is C24H33N3O7S2. The number of amides is 1. The zero-order chi connectivity index (χ0) is 26.8. The van der Waals surface area contributed by atoms with Crippen molar-refractivity contribution in [2.45, 2.75) is 37.8 Å². The number of nitrogens with zero attached hydrogens (tertiary/aromatic N) is 2. The molecule has 0 bridgehead atoms. The van der Waals surface area contributed by atoms with E-state index < -0.39 is 38.1 Å². The van der Waals surface area contributed by atoms with Crippen LogP contribution < -0.4 is 9.46 Å². The number of nitrogens with one attached hydrogen (secondary N) is 1. The van der Waals surface area contributed by atoms with Crippen molar-refractivity contribution < 1.29 is 31.5 Å². The lowest BCUT2D eigenvalue weighted by atomic mass is 9.99. The maximum absolute atomic E-state index is 13.4. The maximum atomic E-state index is 13.4. The molecule has 0 saturated heterocycles. The summed E-state index contributed by atoms with van der Waals surface area (Å²) in [6.07, 6.45) is 0.247. The number of likely N-dealkylation sites (N-methyl/N-ethyl adjacent to an activating group) is 1. The zero-order valence-corrected chi connectivity index (χ0v) is 22.6. The number of hydrogen-bond acceptors (Lipinski definition) is 7. The molecule has 0 fully saturated rings. The van der Waals surface area contributed by atoms with Gasteiger partial charge in [-0.25, -0.2) is 16.8 Å². The molecular weight excluding hydrogens is 506 g/mol. The van der Waals surface area contributed by atoms with E-state index in [1.807, 2.05) is 13.8 Å². The number of fused-ring (bicyclic) bond motifs is 1. The van der Waals surface area contributed by atoms with Crippen molar-refractivity contribution in [3.8, 4) is 5.75 Å². The normalized spacial score (nSPS) is 19.8. The van der Waals surface area contributed by atoms with Crippen LogP contribution in [0.3, 0.4) is 0 Å². The Hall–Kier alpha value is -2.67. The van der Waals surface area contributed by atoms with E-state index in [0.29, 0.717) is 0 Å². The van der Waals surface area contributed by atoms with Gasteiger partial charge in [-0.05, 0) is 38.1 Å². The molecule has 3 atom stereocenters. The van der Waals surface area contributed by atoms with Gasteiger partial charge in [0.05, 0.1) is 41.6 Å². The third kappa shape index (κ3) is 6.17. The van der Waals surface area contributed by atoms with Gasteiger partial charge in [0.2, 0.25) is 20.0 Å². The summed E-state index contributed by atoms with van der Waals surface area (Å²) in [5, 5.41) is 9.77. The highest BCUT2D eigenvalue weighted by Crippen LogP contribution is 2.35. The molecule has 0 saturated carbocycles. The Morgan fingerprint density at radius 2 is 1.81 bits per heavy atom. The van der Waals surface area contributed by atoms with Gasteiger partial charge < -0.3 is 14.7 Å². The van der Waals surface area contributed by atoms with E-state index in [0.717, 1.165) is 11.8 Å². The maximum Gasteiger partial charge on any atom is 0.258 e. The minimum Gasteiger partial charge on any atom is -0.486 e. The van der Waals surface area contributed by atoms with E-state index in [2.05, 4.69) is 4.72 Å². The molecule has 2 aromatic carbocycles. The van der Waals surface area contributed by atoms with Crippen LogP contribution in [-0.2, 0) is 20.0 Å². The van der Waals surface area contributed by atoms with Gasteiger partial charge in [0.25, 0.3) is 5.91 Å². The first-order valence-electron chi connectivity index (χ1n) is 11.5. The fraction of sp³-hybridized carbons (Fsp3) is 0.458. The Bertz CT molecular complexity index is 1310. The molecule has 2 aromatic rings. The molecule has 12 heteroatoms. The second kappa shape index (κ2) is 10.8. The molecule has 198 valence electrons. The van der Waals surface area contributed by atoms with Crippen LogP contribution in [0.25, 0.3) is 0 Å². The van der Waals surface area contributed by atoms with E-state index in [1.165, 1.54) is 46.6 Å². The van der Waals surface area contributed by atoms with Gasteiger partial charge >= 0.3 is 0 Å². The molecule has 0 aliphatic carbocycles. The monoisotopic (exact) mass is 539 g/mol. The number of carbonyl (C=O) groups is 1. The minimum atomic E-state index is -3.84. The molecule has 0 aromatic heterocycles. The second-order valence-corrected chi connectivity index (χ2v) is 13.1. The van der Waals surface area contributed by atoms with Gasteiger partial charge in [-0.3, -0.25) is 9.52 Å². The molecule has 10 nitrogen and oxygen atoms in total. The van der Waals surface area contributed by atoms with Crippen molar-refractivity contribution in [2.75, 3.05) is 37.7 Å². The molecule has 1 aliphatic heterocycles. The van der Waals surface area contributed by atoms with Gasteiger partial charge in [0.1, 0.15) is 6.10 Å². The van der Waals surface area contributed by atoms with Crippen molar-refractivity contribution in [3.63, 3.8) is 0 Å². The molecule has 0 radical (unpaired) electrons. The molecule has 3 rings (SSSR count). The molecule has 0 spiro atoms. The van der Waals surface area contributed by atoms with Crippen LogP contribution in [0.5, 0.6) is 5.75 Å². The van der Waals surface area contributed by atoms with Crippen molar-refractivity contribution in [1.82, 2.24) is 9.21 Å². The number of aryl methyl sites for hydroxylation is 1. The first kappa shape index (κ1) is 27.9. The number of ether oxygens (including phenoxy) is 1. The average Bonchev–Trinajstić information content (AvgIpc) is 2.80. The Labute approximate surface area is 213 Å². The summed E-state index contributed by atoms with van der Waals surface area (Å²) in [5.74, 6) is -0.770. The number of para-hydroxylation sites is 1. The van der Waals surface area contributed by atoms with Crippen LogP contribution in [0.15, 0.2) is 47.4 Å². The Morgan fingerprint density at radius 3 is 2.39 bits per heavy atom. The Morgan fingerprint density at radius 1 is 1.17 bits per heavy atom. The largest absolute Gasteiger partial charge is 0.486 e. The Balaban J connectivity index is 2.05. The summed E-state index contributed by atoms with van der Waals surface area (Å²) >= 11 is 0. The summed E-state index contributed by atoms with van der Waals surface area (Å²) in [5.41, 5.74) is 1.12. The van der Waals surface area contributed by atoms with Crippen LogP contribution in [0.1, 0.15) is 29.8 Å². The van der Waals surface area contributed by atoms with Crippen molar-refractivity contribution in [2.24, 2.45) is 5.92 Å². The lowest BCUT2D eigenvalue weighted by Crippen LogP contribution is -2.50. The van der Waals surface area contributed by atoms with Crippen molar-refractivity contribution in [3.05, 3.63) is 53.6 Å². The highest BCUT2D eigenvalue weighted by atomic mass is 32.2. The zero-order valence-electron chi connectivity index (χ0n) is 21.0. The number of benzene rings is 2. The van der Waals surface area contributed by atoms with E-state index >= 15 is 0 Å². The quantitative estimate of drug-likeness (QED) is 0.523. The highest BCUT2D eigenvalue weighted by Gasteiger charge is 2.36. The number of aliphatic hydroxyl groups excluding tert-OH is 1. The third-order valence-corrected chi connectivity index (χ3v) is 8.58.